The lowest BCUT2D eigenvalue weighted by Crippen LogP contribution is -1.94. The Balaban J connectivity index is 2.37. The molecule has 0 radical (unpaired) electrons. The van der Waals surface area contributed by atoms with E-state index in [4.69, 9.17) is 16.9 Å². The first-order valence-corrected chi connectivity index (χ1v) is 5.94. The van der Waals surface area contributed by atoms with Crippen LogP contribution < -0.4 is 5.32 Å². The zero-order valence-electron chi connectivity index (χ0n) is 8.61. The van der Waals surface area contributed by atoms with Crippen LogP contribution in [-0.2, 0) is 0 Å². The van der Waals surface area contributed by atoms with Crippen LogP contribution in [0.15, 0.2) is 41.1 Å². The molecular formula is C12H7BrClN3. The number of pyridine rings is 1. The van der Waals surface area contributed by atoms with Crippen molar-refractivity contribution in [1.29, 1.82) is 5.26 Å². The van der Waals surface area contributed by atoms with E-state index in [1.807, 2.05) is 6.07 Å². The van der Waals surface area contributed by atoms with Gasteiger partial charge in [-0.1, -0.05) is 17.7 Å². The zero-order chi connectivity index (χ0) is 12.3. The Hall–Kier alpha value is -1.57. The predicted molar refractivity (Wildman–Crippen MR) is 71.4 cm³/mol. The van der Waals surface area contributed by atoms with Crippen molar-refractivity contribution in [1.82, 2.24) is 4.98 Å². The van der Waals surface area contributed by atoms with Crippen molar-refractivity contribution in [3.8, 4) is 6.07 Å². The summed E-state index contributed by atoms with van der Waals surface area (Å²) in [7, 11) is 0. The quantitative estimate of drug-likeness (QED) is 0.908. The van der Waals surface area contributed by atoms with Gasteiger partial charge in [0, 0.05) is 10.7 Å². The molecule has 0 aliphatic heterocycles. The largest absolute Gasteiger partial charge is 0.353 e. The van der Waals surface area contributed by atoms with Crippen molar-refractivity contribution in [3.63, 3.8) is 0 Å². The molecule has 1 aromatic heterocycles. The molecule has 1 heterocycles. The first kappa shape index (κ1) is 11.9. The summed E-state index contributed by atoms with van der Waals surface area (Å²) in [5.41, 5.74) is 1.88. The van der Waals surface area contributed by atoms with Crippen molar-refractivity contribution in [2.75, 3.05) is 5.32 Å². The van der Waals surface area contributed by atoms with E-state index in [0.29, 0.717) is 16.3 Å². The van der Waals surface area contributed by atoms with Gasteiger partial charge in [0.2, 0.25) is 0 Å². The SMILES string of the molecule is N#Cc1c(Cl)cccc1Nc1cncc(Br)c1. The van der Waals surface area contributed by atoms with Crippen molar-refractivity contribution in [2.45, 2.75) is 0 Å². The molecule has 0 saturated carbocycles. The number of halogens is 2. The van der Waals surface area contributed by atoms with Gasteiger partial charge in [-0.2, -0.15) is 5.26 Å². The molecule has 5 heteroatoms. The van der Waals surface area contributed by atoms with Gasteiger partial charge >= 0.3 is 0 Å². The highest BCUT2D eigenvalue weighted by Crippen LogP contribution is 2.26. The first-order valence-electron chi connectivity index (χ1n) is 4.77. The van der Waals surface area contributed by atoms with E-state index in [2.05, 4.69) is 32.3 Å². The van der Waals surface area contributed by atoms with Crippen LogP contribution in [-0.4, -0.2) is 4.98 Å². The fraction of sp³-hybridized carbons (Fsp3) is 0. The number of anilines is 2. The Kier molecular flexibility index (Phi) is 3.62. The van der Waals surface area contributed by atoms with Gasteiger partial charge in [0.25, 0.3) is 0 Å². The summed E-state index contributed by atoms with van der Waals surface area (Å²) in [6.07, 6.45) is 3.36. The fourth-order valence-corrected chi connectivity index (χ4v) is 1.96. The molecule has 0 spiro atoms. The normalized spacial score (nSPS) is 9.71. The third kappa shape index (κ3) is 2.76. The number of nitrogens with zero attached hydrogens (tertiary/aromatic N) is 2. The third-order valence-corrected chi connectivity index (χ3v) is 2.86. The van der Waals surface area contributed by atoms with Crippen LogP contribution in [0.5, 0.6) is 0 Å². The minimum Gasteiger partial charge on any atom is -0.353 e. The molecule has 0 aliphatic carbocycles. The molecule has 0 fully saturated rings. The Morgan fingerprint density at radius 3 is 2.88 bits per heavy atom. The molecule has 0 atom stereocenters. The molecule has 0 unspecified atom stereocenters. The highest BCUT2D eigenvalue weighted by Gasteiger charge is 2.06. The van der Waals surface area contributed by atoms with Crippen LogP contribution in [0.2, 0.25) is 5.02 Å². The van der Waals surface area contributed by atoms with Gasteiger partial charge in [-0.05, 0) is 34.1 Å². The number of hydrogen-bond acceptors (Lipinski definition) is 3. The lowest BCUT2D eigenvalue weighted by molar-refractivity contribution is 1.30. The van der Waals surface area contributed by atoms with Gasteiger partial charge in [-0.3, -0.25) is 4.98 Å². The van der Waals surface area contributed by atoms with Gasteiger partial charge in [-0.25, -0.2) is 0 Å². The number of hydrogen-bond donors (Lipinski definition) is 1. The van der Waals surface area contributed by atoms with Crippen LogP contribution in [0.25, 0.3) is 0 Å². The molecule has 1 N–H and O–H groups in total. The molecular weight excluding hydrogens is 302 g/mol. The van der Waals surface area contributed by atoms with Gasteiger partial charge < -0.3 is 5.32 Å². The average Bonchev–Trinajstić information content (AvgIpc) is 2.29. The number of aromatic nitrogens is 1. The molecule has 0 amide bonds. The number of nitrogens with one attached hydrogen (secondary N) is 1. The zero-order valence-corrected chi connectivity index (χ0v) is 11.0. The molecule has 1 aromatic carbocycles. The van der Waals surface area contributed by atoms with Gasteiger partial charge in [-0.15, -0.1) is 0 Å². The number of rotatable bonds is 2. The fourth-order valence-electron chi connectivity index (χ4n) is 1.38. The van der Waals surface area contributed by atoms with Gasteiger partial charge in [0.1, 0.15) is 6.07 Å². The summed E-state index contributed by atoms with van der Waals surface area (Å²) in [5.74, 6) is 0. The van der Waals surface area contributed by atoms with E-state index >= 15 is 0 Å². The molecule has 0 aliphatic rings. The summed E-state index contributed by atoms with van der Waals surface area (Å²) in [6, 6.07) is 9.21. The molecule has 3 nitrogen and oxygen atoms in total. The second kappa shape index (κ2) is 5.17. The van der Waals surface area contributed by atoms with E-state index in [9.17, 15) is 0 Å². The lowest BCUT2D eigenvalue weighted by atomic mass is 10.2. The number of nitriles is 1. The summed E-state index contributed by atoms with van der Waals surface area (Å²) in [4.78, 5) is 4.03. The smallest absolute Gasteiger partial charge is 0.103 e. The predicted octanol–water partition coefficient (Wildman–Crippen LogP) is 4.11. The maximum atomic E-state index is 9.03. The Labute approximate surface area is 112 Å². The first-order chi connectivity index (χ1) is 8.20. The second-order valence-corrected chi connectivity index (χ2v) is 4.61. The molecule has 17 heavy (non-hydrogen) atoms. The van der Waals surface area contributed by atoms with E-state index < -0.39 is 0 Å². The maximum absolute atomic E-state index is 9.03. The molecule has 2 aromatic rings. The average molecular weight is 309 g/mol. The van der Waals surface area contributed by atoms with Crippen LogP contribution in [0.3, 0.4) is 0 Å². The lowest BCUT2D eigenvalue weighted by Gasteiger charge is -2.08. The van der Waals surface area contributed by atoms with Crippen molar-refractivity contribution < 1.29 is 0 Å². The monoisotopic (exact) mass is 307 g/mol. The minimum atomic E-state index is 0.425. The van der Waals surface area contributed by atoms with Crippen molar-refractivity contribution in [3.05, 3.63) is 51.7 Å². The Morgan fingerprint density at radius 2 is 2.18 bits per heavy atom. The van der Waals surface area contributed by atoms with E-state index in [-0.39, 0.29) is 0 Å². The molecule has 2 rings (SSSR count). The van der Waals surface area contributed by atoms with Crippen molar-refractivity contribution >= 4 is 38.9 Å². The molecule has 84 valence electrons. The van der Waals surface area contributed by atoms with Crippen LogP contribution in [0.4, 0.5) is 11.4 Å². The van der Waals surface area contributed by atoms with E-state index in [1.165, 1.54) is 0 Å². The van der Waals surface area contributed by atoms with Gasteiger partial charge in [0.15, 0.2) is 0 Å². The van der Waals surface area contributed by atoms with Gasteiger partial charge in [0.05, 0.1) is 28.2 Å². The van der Waals surface area contributed by atoms with E-state index in [1.54, 1.807) is 30.6 Å². The topological polar surface area (TPSA) is 48.7 Å². The summed E-state index contributed by atoms with van der Waals surface area (Å²) >= 11 is 9.27. The number of benzene rings is 1. The standard InChI is InChI=1S/C12H7BrClN3/c13-8-4-9(7-16-6-8)17-12-3-1-2-11(14)10(12)5-15/h1-4,6-7,17H. The van der Waals surface area contributed by atoms with E-state index in [0.717, 1.165) is 10.2 Å². The van der Waals surface area contributed by atoms with Crippen LogP contribution in [0, 0.1) is 11.3 Å². The summed E-state index contributed by atoms with van der Waals surface area (Å²) in [6.45, 7) is 0. The highest BCUT2D eigenvalue weighted by molar-refractivity contribution is 9.10. The third-order valence-electron chi connectivity index (χ3n) is 2.11. The Bertz CT molecular complexity index is 593. The maximum Gasteiger partial charge on any atom is 0.103 e. The van der Waals surface area contributed by atoms with Crippen LogP contribution in [0.1, 0.15) is 5.56 Å². The second-order valence-electron chi connectivity index (χ2n) is 3.29. The minimum absolute atomic E-state index is 0.425. The highest BCUT2D eigenvalue weighted by atomic mass is 79.9. The molecule has 0 saturated heterocycles. The molecule has 0 bridgehead atoms. The van der Waals surface area contributed by atoms with Crippen molar-refractivity contribution in [2.24, 2.45) is 0 Å². The Morgan fingerprint density at radius 1 is 1.35 bits per heavy atom. The van der Waals surface area contributed by atoms with Crippen LogP contribution >= 0.6 is 27.5 Å². The summed E-state index contributed by atoms with van der Waals surface area (Å²) in [5, 5.41) is 12.6. The summed E-state index contributed by atoms with van der Waals surface area (Å²) < 4.78 is 0.864.